The smallest absolute Gasteiger partial charge is 0.306 e. The molecular formula is C23H21N3O2. The van der Waals surface area contributed by atoms with E-state index in [9.17, 15) is 9.59 Å². The summed E-state index contributed by atoms with van der Waals surface area (Å²) >= 11 is 0. The molecule has 140 valence electrons. The van der Waals surface area contributed by atoms with E-state index >= 15 is 0 Å². The fourth-order valence-corrected chi connectivity index (χ4v) is 4.39. The maximum atomic E-state index is 13.5. The number of allylic oxidation sites excluding steroid dienone is 4. The molecule has 0 spiro atoms. The van der Waals surface area contributed by atoms with Crippen LogP contribution in [-0.4, -0.2) is 14.5 Å². The van der Waals surface area contributed by atoms with Crippen LogP contribution in [0.2, 0.25) is 0 Å². The largest absolute Gasteiger partial charge is 0.333 e. The van der Waals surface area contributed by atoms with Gasteiger partial charge < -0.3 is 4.98 Å². The van der Waals surface area contributed by atoms with Crippen molar-refractivity contribution in [2.75, 3.05) is 0 Å². The van der Waals surface area contributed by atoms with E-state index < -0.39 is 0 Å². The molecule has 2 aliphatic rings. The SMILES string of the molecule is CC1=CC=CCc2c1[nH]c(=O)n(-c1c3c(nc4ccccc14)CCCC3)c2=O. The minimum absolute atomic E-state index is 0.234. The Balaban J connectivity index is 1.91. The highest BCUT2D eigenvalue weighted by atomic mass is 16.2. The van der Waals surface area contributed by atoms with Crippen molar-refractivity contribution in [3.05, 3.63) is 85.8 Å². The first-order valence-electron chi connectivity index (χ1n) is 9.78. The minimum Gasteiger partial charge on any atom is -0.306 e. The van der Waals surface area contributed by atoms with Gasteiger partial charge in [0.1, 0.15) is 0 Å². The third-order valence-electron chi connectivity index (χ3n) is 5.76. The van der Waals surface area contributed by atoms with Gasteiger partial charge in [-0.15, -0.1) is 0 Å². The number of pyridine rings is 1. The van der Waals surface area contributed by atoms with E-state index in [2.05, 4.69) is 4.98 Å². The molecule has 0 saturated carbocycles. The first-order valence-corrected chi connectivity index (χ1v) is 9.78. The summed E-state index contributed by atoms with van der Waals surface area (Å²) in [6.45, 7) is 1.91. The number of aromatic amines is 1. The number of aryl methyl sites for hydroxylation is 1. The third kappa shape index (κ3) is 2.50. The molecule has 0 aliphatic heterocycles. The van der Waals surface area contributed by atoms with Gasteiger partial charge in [-0.3, -0.25) is 9.78 Å². The number of aromatic nitrogens is 3. The van der Waals surface area contributed by atoms with Gasteiger partial charge in [0.15, 0.2) is 0 Å². The molecule has 0 fully saturated rings. The summed E-state index contributed by atoms with van der Waals surface area (Å²) in [6, 6.07) is 7.78. The summed E-state index contributed by atoms with van der Waals surface area (Å²) in [5.41, 5.74) is 5.14. The van der Waals surface area contributed by atoms with Gasteiger partial charge in [0, 0.05) is 16.6 Å². The van der Waals surface area contributed by atoms with Gasteiger partial charge in [-0.2, -0.15) is 0 Å². The topological polar surface area (TPSA) is 67.8 Å². The van der Waals surface area contributed by atoms with Gasteiger partial charge in [0.2, 0.25) is 0 Å². The standard InChI is InChI=1S/C23H21N3O2/c1-14-8-2-3-11-17-20(14)25-23(28)26(22(17)27)21-15-9-4-6-12-18(15)24-19-13-7-5-10-16(19)21/h2-4,6,8-9,12H,5,7,10-11,13H2,1H3,(H,25,28). The Labute approximate surface area is 162 Å². The van der Waals surface area contributed by atoms with Crippen LogP contribution in [-0.2, 0) is 19.3 Å². The number of nitrogens with one attached hydrogen (secondary N) is 1. The molecule has 1 aromatic carbocycles. The van der Waals surface area contributed by atoms with E-state index in [1.807, 2.05) is 49.4 Å². The van der Waals surface area contributed by atoms with E-state index in [0.717, 1.165) is 53.4 Å². The molecule has 1 N–H and O–H groups in total. The Kier molecular flexibility index (Phi) is 3.90. The fourth-order valence-electron chi connectivity index (χ4n) is 4.39. The van der Waals surface area contributed by atoms with Crippen LogP contribution in [0.1, 0.15) is 42.3 Å². The molecule has 0 radical (unpaired) electrons. The monoisotopic (exact) mass is 371 g/mol. The maximum Gasteiger partial charge on any atom is 0.333 e. The van der Waals surface area contributed by atoms with Crippen LogP contribution in [0.25, 0.3) is 22.2 Å². The first-order chi connectivity index (χ1) is 13.6. The van der Waals surface area contributed by atoms with Gasteiger partial charge >= 0.3 is 5.69 Å². The molecule has 0 unspecified atom stereocenters. The molecule has 3 aromatic rings. The molecule has 28 heavy (non-hydrogen) atoms. The van der Waals surface area contributed by atoms with E-state index in [1.54, 1.807) is 0 Å². The Hall–Kier alpha value is -3.21. The van der Waals surface area contributed by atoms with Crippen LogP contribution in [0.5, 0.6) is 0 Å². The van der Waals surface area contributed by atoms with Crippen molar-refractivity contribution in [2.45, 2.75) is 39.0 Å². The third-order valence-corrected chi connectivity index (χ3v) is 5.76. The van der Waals surface area contributed by atoms with Crippen LogP contribution < -0.4 is 11.2 Å². The van der Waals surface area contributed by atoms with Gasteiger partial charge in [-0.25, -0.2) is 9.36 Å². The summed E-state index contributed by atoms with van der Waals surface area (Å²) in [5.74, 6) is 0. The molecule has 0 saturated heterocycles. The molecule has 2 heterocycles. The molecule has 2 aromatic heterocycles. The second kappa shape index (κ2) is 6.44. The van der Waals surface area contributed by atoms with E-state index in [4.69, 9.17) is 4.98 Å². The van der Waals surface area contributed by atoms with Crippen LogP contribution in [0.15, 0.2) is 52.1 Å². The molecular weight excluding hydrogens is 350 g/mol. The van der Waals surface area contributed by atoms with Crippen LogP contribution >= 0.6 is 0 Å². The number of hydrogen-bond donors (Lipinski definition) is 1. The van der Waals surface area contributed by atoms with Crippen molar-refractivity contribution in [3.63, 3.8) is 0 Å². The lowest BCUT2D eigenvalue weighted by Gasteiger charge is -2.22. The van der Waals surface area contributed by atoms with Crippen molar-refractivity contribution in [1.82, 2.24) is 14.5 Å². The predicted octanol–water partition coefficient (Wildman–Crippen LogP) is 3.47. The second-order valence-corrected chi connectivity index (χ2v) is 7.52. The van der Waals surface area contributed by atoms with Crippen molar-refractivity contribution >= 4 is 16.5 Å². The zero-order chi connectivity index (χ0) is 19.3. The maximum absolute atomic E-state index is 13.5. The molecule has 5 nitrogen and oxygen atoms in total. The summed E-state index contributed by atoms with van der Waals surface area (Å²) < 4.78 is 1.35. The van der Waals surface area contributed by atoms with Crippen LogP contribution in [0.3, 0.4) is 0 Å². The van der Waals surface area contributed by atoms with E-state index in [-0.39, 0.29) is 11.2 Å². The Bertz CT molecular complexity index is 1290. The lowest BCUT2D eigenvalue weighted by atomic mass is 9.92. The molecule has 0 amide bonds. The van der Waals surface area contributed by atoms with Crippen molar-refractivity contribution in [2.24, 2.45) is 0 Å². The average Bonchev–Trinajstić information content (AvgIpc) is 2.89. The predicted molar refractivity (Wildman–Crippen MR) is 111 cm³/mol. The number of rotatable bonds is 1. The number of H-pyrrole nitrogens is 1. The van der Waals surface area contributed by atoms with Gasteiger partial charge in [0.05, 0.1) is 16.9 Å². The summed E-state index contributed by atoms with van der Waals surface area (Å²) in [7, 11) is 0. The highest BCUT2D eigenvalue weighted by molar-refractivity contribution is 5.89. The average molecular weight is 371 g/mol. The normalized spacial score (nSPS) is 15.7. The quantitative estimate of drug-likeness (QED) is 0.712. The minimum atomic E-state index is -0.387. The molecule has 2 aliphatic carbocycles. The molecule has 0 atom stereocenters. The Morgan fingerprint density at radius 2 is 1.89 bits per heavy atom. The van der Waals surface area contributed by atoms with Crippen LogP contribution in [0.4, 0.5) is 0 Å². The summed E-state index contributed by atoms with van der Waals surface area (Å²) in [4.78, 5) is 34.5. The summed E-state index contributed by atoms with van der Waals surface area (Å²) in [6.07, 6.45) is 10.2. The van der Waals surface area contributed by atoms with Crippen LogP contribution in [0, 0.1) is 0 Å². The second-order valence-electron chi connectivity index (χ2n) is 7.52. The highest BCUT2D eigenvalue weighted by Crippen LogP contribution is 2.31. The number of para-hydroxylation sites is 1. The van der Waals surface area contributed by atoms with Crippen molar-refractivity contribution in [3.8, 4) is 5.69 Å². The first kappa shape index (κ1) is 16.9. The van der Waals surface area contributed by atoms with Gasteiger partial charge in [-0.1, -0.05) is 36.4 Å². The van der Waals surface area contributed by atoms with Crippen molar-refractivity contribution < 1.29 is 0 Å². The highest BCUT2D eigenvalue weighted by Gasteiger charge is 2.23. The number of hydrogen-bond acceptors (Lipinski definition) is 3. The molecule has 0 bridgehead atoms. The number of nitrogens with zero attached hydrogens (tertiary/aromatic N) is 2. The van der Waals surface area contributed by atoms with Gasteiger partial charge in [0.25, 0.3) is 5.56 Å². The Morgan fingerprint density at radius 3 is 2.79 bits per heavy atom. The molecule has 5 heteroatoms. The zero-order valence-corrected chi connectivity index (χ0v) is 15.8. The lowest BCUT2D eigenvalue weighted by Crippen LogP contribution is -2.38. The van der Waals surface area contributed by atoms with E-state index in [1.165, 1.54) is 4.57 Å². The lowest BCUT2D eigenvalue weighted by molar-refractivity contribution is 0.663. The zero-order valence-electron chi connectivity index (χ0n) is 15.8. The van der Waals surface area contributed by atoms with Crippen molar-refractivity contribution in [1.29, 1.82) is 0 Å². The summed E-state index contributed by atoms with van der Waals surface area (Å²) in [5, 5.41) is 0.854. The number of fused-ring (bicyclic) bond motifs is 3. The molecule has 5 rings (SSSR count). The number of benzene rings is 1. The van der Waals surface area contributed by atoms with E-state index in [0.29, 0.717) is 23.4 Å². The Morgan fingerprint density at radius 1 is 1.07 bits per heavy atom. The fraction of sp³-hybridized carbons (Fsp3) is 0.261. The van der Waals surface area contributed by atoms with Gasteiger partial charge in [-0.05, 0) is 56.2 Å².